The summed E-state index contributed by atoms with van der Waals surface area (Å²) in [5, 5.41) is 9.96. The van der Waals surface area contributed by atoms with Gasteiger partial charge in [0, 0.05) is 23.0 Å². The second-order valence-corrected chi connectivity index (χ2v) is 3.86. The molecule has 1 heterocycles. The van der Waals surface area contributed by atoms with Gasteiger partial charge >= 0.3 is 0 Å². The van der Waals surface area contributed by atoms with Crippen LogP contribution in [0.3, 0.4) is 0 Å². The van der Waals surface area contributed by atoms with Crippen LogP contribution in [0.4, 0.5) is 0 Å². The minimum atomic E-state index is 0.683. The van der Waals surface area contributed by atoms with Crippen LogP contribution in [0.2, 0.25) is 0 Å². The SMILES string of the molecule is N#Cc1ccc2c(CCCCl)c[nH]c2c1. The Balaban J connectivity index is 2.39. The van der Waals surface area contributed by atoms with Gasteiger partial charge in [0.2, 0.25) is 0 Å². The van der Waals surface area contributed by atoms with Crippen molar-refractivity contribution in [3.63, 3.8) is 0 Å². The normalized spacial score (nSPS) is 10.4. The van der Waals surface area contributed by atoms with E-state index in [1.54, 1.807) is 0 Å². The van der Waals surface area contributed by atoms with Crippen LogP contribution in [-0.2, 0) is 6.42 Å². The highest BCUT2D eigenvalue weighted by molar-refractivity contribution is 6.17. The van der Waals surface area contributed by atoms with Crippen LogP contribution in [0, 0.1) is 11.3 Å². The number of nitrogens with one attached hydrogen (secondary N) is 1. The molecule has 0 aliphatic rings. The Morgan fingerprint density at radius 1 is 1.40 bits per heavy atom. The Labute approximate surface area is 93.5 Å². The number of halogens is 1. The molecule has 0 amide bonds. The number of aromatic nitrogens is 1. The fourth-order valence-corrected chi connectivity index (χ4v) is 1.85. The summed E-state index contributed by atoms with van der Waals surface area (Å²) in [5.41, 5.74) is 2.99. The molecule has 3 heteroatoms. The molecular weight excluding hydrogens is 208 g/mol. The quantitative estimate of drug-likeness (QED) is 0.790. The molecule has 0 aliphatic heterocycles. The summed E-state index contributed by atoms with van der Waals surface area (Å²) in [6.45, 7) is 0. The van der Waals surface area contributed by atoms with Crippen molar-refractivity contribution >= 4 is 22.5 Å². The van der Waals surface area contributed by atoms with Gasteiger partial charge in [-0.05, 0) is 30.5 Å². The highest BCUT2D eigenvalue weighted by atomic mass is 35.5. The van der Waals surface area contributed by atoms with Crippen LogP contribution < -0.4 is 0 Å². The van der Waals surface area contributed by atoms with Gasteiger partial charge in [-0.15, -0.1) is 11.6 Å². The summed E-state index contributed by atoms with van der Waals surface area (Å²) in [6.07, 6.45) is 3.96. The summed E-state index contributed by atoms with van der Waals surface area (Å²) in [7, 11) is 0. The molecule has 15 heavy (non-hydrogen) atoms. The Morgan fingerprint density at radius 3 is 3.00 bits per heavy atom. The zero-order chi connectivity index (χ0) is 10.7. The molecule has 2 aromatic rings. The molecule has 0 radical (unpaired) electrons. The lowest BCUT2D eigenvalue weighted by molar-refractivity contribution is 0.936. The summed E-state index contributed by atoms with van der Waals surface area (Å²) in [6, 6.07) is 7.85. The molecule has 0 unspecified atom stereocenters. The number of hydrogen-bond donors (Lipinski definition) is 1. The van der Waals surface area contributed by atoms with E-state index in [0.717, 1.165) is 18.4 Å². The van der Waals surface area contributed by atoms with Gasteiger partial charge in [-0.25, -0.2) is 0 Å². The fourth-order valence-electron chi connectivity index (χ4n) is 1.72. The number of H-pyrrole nitrogens is 1. The number of hydrogen-bond acceptors (Lipinski definition) is 1. The first-order valence-corrected chi connectivity index (χ1v) is 5.44. The third-order valence-corrected chi connectivity index (χ3v) is 2.74. The van der Waals surface area contributed by atoms with Gasteiger partial charge in [0.05, 0.1) is 11.6 Å². The van der Waals surface area contributed by atoms with Crippen molar-refractivity contribution in [2.75, 3.05) is 5.88 Å². The molecule has 0 bridgehead atoms. The lowest BCUT2D eigenvalue weighted by Crippen LogP contribution is -1.84. The van der Waals surface area contributed by atoms with Crippen molar-refractivity contribution in [2.24, 2.45) is 0 Å². The van der Waals surface area contributed by atoms with Crippen molar-refractivity contribution in [3.05, 3.63) is 35.5 Å². The van der Waals surface area contributed by atoms with Gasteiger partial charge in [-0.3, -0.25) is 0 Å². The van der Waals surface area contributed by atoms with Crippen LogP contribution >= 0.6 is 11.6 Å². The van der Waals surface area contributed by atoms with Crippen LogP contribution in [0.5, 0.6) is 0 Å². The largest absolute Gasteiger partial charge is 0.361 e. The Hall–Kier alpha value is -1.46. The summed E-state index contributed by atoms with van der Waals surface area (Å²) >= 11 is 5.66. The second kappa shape index (κ2) is 4.37. The third-order valence-electron chi connectivity index (χ3n) is 2.48. The van der Waals surface area contributed by atoms with Crippen molar-refractivity contribution in [2.45, 2.75) is 12.8 Å². The third kappa shape index (κ3) is 1.98. The minimum Gasteiger partial charge on any atom is -0.361 e. The molecule has 0 atom stereocenters. The highest BCUT2D eigenvalue weighted by Crippen LogP contribution is 2.20. The van der Waals surface area contributed by atoms with E-state index in [1.165, 1.54) is 10.9 Å². The molecule has 0 saturated carbocycles. The van der Waals surface area contributed by atoms with Crippen molar-refractivity contribution in [3.8, 4) is 6.07 Å². The maximum Gasteiger partial charge on any atom is 0.0992 e. The van der Waals surface area contributed by atoms with Crippen LogP contribution in [0.1, 0.15) is 17.5 Å². The molecule has 1 N–H and O–H groups in total. The minimum absolute atomic E-state index is 0.683. The first-order chi connectivity index (χ1) is 7.35. The van der Waals surface area contributed by atoms with Crippen molar-refractivity contribution in [1.82, 2.24) is 4.98 Å². The predicted molar refractivity (Wildman–Crippen MR) is 62.1 cm³/mol. The number of nitrogens with zero attached hydrogens (tertiary/aromatic N) is 1. The number of rotatable bonds is 3. The molecule has 1 aromatic carbocycles. The van der Waals surface area contributed by atoms with E-state index in [0.29, 0.717) is 11.4 Å². The van der Waals surface area contributed by atoms with Gasteiger partial charge in [0.25, 0.3) is 0 Å². The van der Waals surface area contributed by atoms with Crippen molar-refractivity contribution < 1.29 is 0 Å². The Bertz CT molecular complexity index is 508. The van der Waals surface area contributed by atoms with Gasteiger partial charge in [0.15, 0.2) is 0 Å². The number of aryl methyl sites for hydroxylation is 1. The maximum absolute atomic E-state index is 8.76. The Morgan fingerprint density at radius 2 is 2.27 bits per heavy atom. The van der Waals surface area contributed by atoms with Gasteiger partial charge in [-0.1, -0.05) is 6.07 Å². The van der Waals surface area contributed by atoms with Crippen LogP contribution in [0.15, 0.2) is 24.4 Å². The topological polar surface area (TPSA) is 39.6 Å². The summed E-state index contributed by atoms with van der Waals surface area (Å²) in [5.74, 6) is 0.683. The average molecular weight is 219 g/mol. The molecule has 0 fully saturated rings. The van der Waals surface area contributed by atoms with E-state index in [-0.39, 0.29) is 0 Å². The summed E-state index contributed by atoms with van der Waals surface area (Å²) < 4.78 is 0. The summed E-state index contributed by atoms with van der Waals surface area (Å²) in [4.78, 5) is 3.18. The number of benzene rings is 1. The average Bonchev–Trinajstić information content (AvgIpc) is 2.68. The van der Waals surface area contributed by atoms with E-state index in [1.807, 2.05) is 24.4 Å². The number of fused-ring (bicyclic) bond motifs is 1. The smallest absolute Gasteiger partial charge is 0.0992 e. The van der Waals surface area contributed by atoms with E-state index >= 15 is 0 Å². The first-order valence-electron chi connectivity index (χ1n) is 4.91. The van der Waals surface area contributed by atoms with Crippen LogP contribution in [-0.4, -0.2) is 10.9 Å². The van der Waals surface area contributed by atoms with Crippen LogP contribution in [0.25, 0.3) is 10.9 Å². The second-order valence-electron chi connectivity index (χ2n) is 3.48. The van der Waals surface area contributed by atoms with E-state index in [2.05, 4.69) is 11.1 Å². The van der Waals surface area contributed by atoms with E-state index < -0.39 is 0 Å². The lowest BCUT2D eigenvalue weighted by Gasteiger charge is -1.96. The van der Waals surface area contributed by atoms with E-state index in [9.17, 15) is 0 Å². The van der Waals surface area contributed by atoms with Gasteiger partial charge < -0.3 is 4.98 Å². The van der Waals surface area contributed by atoms with Crippen molar-refractivity contribution in [1.29, 1.82) is 5.26 Å². The molecule has 76 valence electrons. The molecule has 0 spiro atoms. The molecule has 2 rings (SSSR count). The standard InChI is InChI=1S/C12H11ClN2/c13-5-1-2-10-8-15-12-6-9(7-14)3-4-11(10)12/h3-4,6,8,15H,1-2,5H2. The lowest BCUT2D eigenvalue weighted by atomic mass is 10.1. The predicted octanol–water partition coefficient (Wildman–Crippen LogP) is 3.21. The number of alkyl halides is 1. The Kier molecular flexibility index (Phi) is 2.94. The zero-order valence-corrected chi connectivity index (χ0v) is 9.01. The first kappa shape index (κ1) is 10.1. The number of aromatic amines is 1. The molecule has 1 aromatic heterocycles. The van der Waals surface area contributed by atoms with Gasteiger partial charge in [-0.2, -0.15) is 5.26 Å². The molecule has 0 aliphatic carbocycles. The monoisotopic (exact) mass is 218 g/mol. The van der Waals surface area contributed by atoms with E-state index in [4.69, 9.17) is 16.9 Å². The molecular formula is C12H11ClN2. The maximum atomic E-state index is 8.76. The molecule has 2 nitrogen and oxygen atoms in total. The molecule has 0 saturated heterocycles. The number of nitriles is 1. The zero-order valence-electron chi connectivity index (χ0n) is 8.26. The van der Waals surface area contributed by atoms with Gasteiger partial charge in [0.1, 0.15) is 0 Å². The highest BCUT2D eigenvalue weighted by Gasteiger charge is 2.03. The fraction of sp³-hybridized carbons (Fsp3) is 0.250.